The van der Waals surface area contributed by atoms with Crippen LogP contribution in [0.25, 0.3) is 0 Å². The van der Waals surface area contributed by atoms with Crippen LogP contribution in [0, 0.1) is 23.0 Å². The van der Waals surface area contributed by atoms with Crippen molar-refractivity contribution in [1.29, 1.82) is 10.5 Å². The van der Waals surface area contributed by atoms with Crippen LogP contribution in [0.15, 0.2) is 140 Å². The molecular formula is C74H105N15O14. The van der Waals surface area contributed by atoms with Crippen LogP contribution in [0.3, 0.4) is 0 Å². The fourth-order valence-corrected chi connectivity index (χ4v) is 8.64. The summed E-state index contributed by atoms with van der Waals surface area (Å²) in [5, 5.41) is 22.4. The van der Waals surface area contributed by atoms with Crippen molar-refractivity contribution in [3.8, 4) is 12.5 Å². The van der Waals surface area contributed by atoms with E-state index in [4.69, 9.17) is 10.5 Å². The third kappa shape index (κ3) is 59.6. The molecule has 0 fully saturated rings. The Morgan fingerprint density at radius 2 is 0.621 bits per heavy atom. The molecule has 103 heavy (non-hydrogen) atoms. The number of nitrogens with one attached hydrogen (secondary N) is 2. The predicted molar refractivity (Wildman–Crippen MR) is 393 cm³/mol. The molecule has 29 heteroatoms. The van der Waals surface area contributed by atoms with E-state index in [9.17, 15) is 57.5 Å². The van der Waals surface area contributed by atoms with Crippen LogP contribution >= 0.6 is 0 Å². The van der Waals surface area contributed by atoms with Crippen molar-refractivity contribution in [2.75, 3.05) is 59.0 Å². The van der Waals surface area contributed by atoms with Crippen molar-refractivity contribution in [1.82, 2.24) is 29.2 Å². The summed E-state index contributed by atoms with van der Waals surface area (Å²) in [5.41, 5.74) is 0.163. The number of carbonyl (C=O) groups excluding carboxylic acids is 9. The van der Waals surface area contributed by atoms with Gasteiger partial charge in [-0.15, -0.1) is 0 Å². The average molecular weight is 1430 g/mol. The van der Waals surface area contributed by atoms with Gasteiger partial charge in [-0.3, -0.25) is 0 Å². The summed E-state index contributed by atoms with van der Waals surface area (Å²) in [7, 11) is 0. The van der Waals surface area contributed by atoms with Crippen molar-refractivity contribution in [3.05, 3.63) is 122 Å². The summed E-state index contributed by atoms with van der Waals surface area (Å²) >= 11 is 0. The van der Waals surface area contributed by atoms with Gasteiger partial charge in [-0.1, -0.05) is 159 Å². The Kier molecular flexibility index (Phi) is 71.8. The van der Waals surface area contributed by atoms with E-state index in [1.165, 1.54) is 60.3 Å². The topological polar surface area (TPSA) is 399 Å². The number of carbonyl (C=O) groups is 2. The molecule has 4 amide bonds. The Morgan fingerprint density at radius 1 is 0.369 bits per heavy atom. The second-order valence-electron chi connectivity index (χ2n) is 22.2. The highest BCUT2D eigenvalue weighted by atomic mass is 16.5. The van der Waals surface area contributed by atoms with Crippen LogP contribution in [-0.2, 0) is 62.7 Å². The van der Waals surface area contributed by atoms with E-state index < -0.39 is 29.1 Å². The van der Waals surface area contributed by atoms with Gasteiger partial charge in [0.15, 0.2) is 0 Å². The number of imide groups is 1. The fraction of sp³-hybridized carbons (Fsp3) is 0.568. The van der Waals surface area contributed by atoms with E-state index in [1.807, 2.05) is 54.6 Å². The van der Waals surface area contributed by atoms with Crippen molar-refractivity contribution in [2.45, 2.75) is 214 Å². The number of urea groups is 2. The van der Waals surface area contributed by atoms with Gasteiger partial charge in [0.1, 0.15) is 13.2 Å². The lowest BCUT2D eigenvalue weighted by Crippen LogP contribution is -2.54. The Hall–Kier alpha value is -11.0. The minimum absolute atomic E-state index is 0.212. The third-order valence-electron chi connectivity index (χ3n) is 13.6. The predicted octanol–water partition coefficient (Wildman–Crippen LogP) is 13.4. The summed E-state index contributed by atoms with van der Waals surface area (Å²) in [6.45, 7) is 12.9. The zero-order valence-electron chi connectivity index (χ0n) is 60.6. The van der Waals surface area contributed by atoms with Crippen LogP contribution in [0.1, 0.15) is 195 Å². The van der Waals surface area contributed by atoms with Crippen LogP contribution in [0.4, 0.5) is 26.7 Å². The van der Waals surface area contributed by atoms with Crippen molar-refractivity contribution in [3.63, 3.8) is 0 Å². The minimum atomic E-state index is -0.592. The van der Waals surface area contributed by atoms with Crippen molar-refractivity contribution in [2.24, 2.45) is 34.9 Å². The number of hydrogen-bond acceptors (Lipinski definition) is 23. The number of amides is 4. The van der Waals surface area contributed by atoms with Gasteiger partial charge in [-0.05, 0) is 126 Å². The number of unbranched alkanes of at least 4 members (excludes halogenated alkanes) is 18. The second kappa shape index (κ2) is 76.8. The number of para-hydroxylation sites is 3. The van der Waals surface area contributed by atoms with E-state index in [-0.39, 0.29) is 19.6 Å². The first-order valence-corrected chi connectivity index (χ1v) is 35.2. The maximum atomic E-state index is 13.0. The molecule has 0 unspecified atom stereocenters. The molecule has 560 valence electrons. The molecule has 29 nitrogen and oxygen atoms in total. The summed E-state index contributed by atoms with van der Waals surface area (Å²) in [4.78, 5) is 159. The normalized spacial score (nSPS) is 9.26. The first-order valence-electron chi connectivity index (χ1n) is 35.2. The molecule has 0 aliphatic heterocycles. The number of hydrogen-bond donors (Lipinski definition) is 2. The van der Waals surface area contributed by atoms with Gasteiger partial charge < -0.3 is 20.1 Å². The van der Waals surface area contributed by atoms with Crippen LogP contribution in [0.5, 0.6) is 0 Å². The van der Waals surface area contributed by atoms with E-state index in [0.717, 1.165) is 136 Å². The summed E-state index contributed by atoms with van der Waals surface area (Å²) in [6, 6.07) is 26.1. The van der Waals surface area contributed by atoms with E-state index in [2.05, 4.69) is 82.7 Å². The molecule has 1 aromatic heterocycles. The number of ether oxygens (including phenoxy) is 2. The van der Waals surface area contributed by atoms with Gasteiger partial charge in [0, 0.05) is 39.3 Å². The summed E-state index contributed by atoms with van der Waals surface area (Å²) in [5.74, 6) is 0. The highest BCUT2D eigenvalue weighted by Gasteiger charge is 2.21. The molecule has 1 heterocycles. The number of aromatic nitrogens is 3. The fourth-order valence-electron chi connectivity index (χ4n) is 8.64. The standard InChI is InChI=1S/C24H36N6O6.C23H38N6O5.3C7H5NO.2C3H8/c25-19-36-18-12-6-5-11-17-30-23(34)28(15-9-3-1-7-13-26-20-31)22(33)29(24(30)35)16-10-4-2-8-14-27-21-32;24-19-34-18-12-6-5-11-17-29(22(32)27-15-9-3-1-7-13-25-20-30)23(33)28-16-10-4-2-8-14-26-21-31;3*9-6-8-7-4-2-1-3-5-7;2*1-3-2/h1-18H2;1-18H2,(H,27,32)(H,28,33);3*1-5H;2*3H2,1-2H3. The Labute approximate surface area is 604 Å². The van der Waals surface area contributed by atoms with Gasteiger partial charge in [-0.25, -0.2) is 96.1 Å². The molecule has 0 spiro atoms. The van der Waals surface area contributed by atoms with Crippen molar-refractivity contribution < 1.29 is 52.6 Å². The van der Waals surface area contributed by atoms with Gasteiger partial charge in [0.05, 0.1) is 43.2 Å². The highest BCUT2D eigenvalue weighted by Crippen LogP contribution is 2.11. The lowest BCUT2D eigenvalue weighted by molar-refractivity contribution is 0.184. The van der Waals surface area contributed by atoms with Gasteiger partial charge >= 0.3 is 29.1 Å². The zero-order chi connectivity index (χ0) is 76.5. The first-order chi connectivity index (χ1) is 50.4. The molecular weight excluding hydrogens is 1320 g/mol. The zero-order valence-corrected chi connectivity index (χ0v) is 60.6. The van der Waals surface area contributed by atoms with Crippen LogP contribution < -0.4 is 27.7 Å². The number of isocyanates is 7. The molecule has 4 aromatic rings. The Balaban J connectivity index is -0.00000134. The highest BCUT2D eigenvalue weighted by molar-refractivity contribution is 5.93. The third-order valence-corrected chi connectivity index (χ3v) is 13.6. The quantitative estimate of drug-likeness (QED) is 0.0180. The molecule has 4 rings (SSSR count). The van der Waals surface area contributed by atoms with Crippen molar-refractivity contribution >= 4 is 71.7 Å². The van der Waals surface area contributed by atoms with E-state index in [0.29, 0.717) is 108 Å². The molecule has 2 N–H and O–H groups in total. The number of nitrogens with zero attached hydrogens (tertiary/aromatic N) is 13. The molecule has 0 atom stereocenters. The number of nitriles is 2. The largest absolute Gasteiger partial charge is 0.428 e. The monoisotopic (exact) mass is 1430 g/mol. The molecule has 0 aliphatic carbocycles. The van der Waals surface area contributed by atoms with Gasteiger partial charge in [0.2, 0.25) is 42.6 Å². The number of aliphatic imine (C=N–C) groups is 7. The van der Waals surface area contributed by atoms with E-state index >= 15 is 0 Å². The molecule has 0 saturated heterocycles. The summed E-state index contributed by atoms with van der Waals surface area (Å²) in [6.07, 6.45) is 34.6. The van der Waals surface area contributed by atoms with Gasteiger partial charge in [-0.2, -0.15) is 25.5 Å². The Bertz CT molecular complexity index is 3200. The average Bonchev–Trinajstić information content (AvgIpc) is 0.788. The lowest BCUT2D eigenvalue weighted by Gasteiger charge is -2.22. The second-order valence-corrected chi connectivity index (χ2v) is 22.2. The van der Waals surface area contributed by atoms with E-state index in [1.54, 1.807) is 48.9 Å². The maximum Gasteiger partial charge on any atom is 0.336 e. The van der Waals surface area contributed by atoms with Crippen LogP contribution in [0.2, 0.25) is 0 Å². The SMILES string of the molecule is CCC.CCC.N#COCCCCCCN(C(=O)NCCCCCCN=C=O)C(=O)NCCCCCCN=C=O.N#COCCCCCCn1c(=O)n(CCCCCCN=C=O)c(=O)n(CCCCCCN=C=O)c1=O.O=C=Nc1ccccc1.O=C=Nc1ccccc1.O=C=Nc1ccccc1. The van der Waals surface area contributed by atoms with Crippen LogP contribution in [-0.4, -0.2) is 132 Å². The molecule has 0 bridgehead atoms. The number of benzene rings is 3. The first kappa shape index (κ1) is 96.2. The molecule has 0 aliphatic rings. The Morgan fingerprint density at radius 3 is 0.883 bits per heavy atom. The number of rotatable bonds is 45. The molecule has 0 radical (unpaired) electrons. The summed E-state index contributed by atoms with van der Waals surface area (Å²) < 4.78 is 12.7. The lowest BCUT2D eigenvalue weighted by atomic mass is 10.2. The smallest absolute Gasteiger partial charge is 0.336 e. The maximum absolute atomic E-state index is 13.0. The molecule has 3 aromatic carbocycles. The minimum Gasteiger partial charge on any atom is -0.428 e. The van der Waals surface area contributed by atoms with Gasteiger partial charge in [0.25, 0.3) is 12.5 Å². The molecule has 0 saturated carbocycles.